The van der Waals surface area contributed by atoms with Gasteiger partial charge >= 0.3 is 6.09 Å². The Morgan fingerprint density at radius 2 is 2.09 bits per heavy atom. The van der Waals surface area contributed by atoms with E-state index in [0.29, 0.717) is 23.1 Å². The van der Waals surface area contributed by atoms with Gasteiger partial charge in [-0.2, -0.15) is 0 Å². The number of benzene rings is 1. The van der Waals surface area contributed by atoms with Gasteiger partial charge in [-0.1, -0.05) is 13.8 Å². The van der Waals surface area contributed by atoms with Gasteiger partial charge in [-0.25, -0.2) is 14.8 Å². The van der Waals surface area contributed by atoms with Gasteiger partial charge in [-0.05, 0) is 36.6 Å². The zero-order chi connectivity index (χ0) is 16.4. The molecule has 1 aromatic carbocycles. The van der Waals surface area contributed by atoms with Gasteiger partial charge in [0.05, 0.1) is 5.52 Å². The molecule has 2 heterocycles. The minimum Gasteiger partial charge on any atom is -0.464 e. The van der Waals surface area contributed by atoms with Crippen molar-refractivity contribution in [2.45, 2.75) is 20.3 Å². The van der Waals surface area contributed by atoms with Crippen LogP contribution in [0.5, 0.6) is 11.6 Å². The topological polar surface area (TPSA) is 77.2 Å². The van der Waals surface area contributed by atoms with Crippen LogP contribution in [0.2, 0.25) is 0 Å². The Bertz CT molecular complexity index is 855. The normalized spacial score (nSPS) is 11.1. The lowest BCUT2D eigenvalue weighted by atomic mass is 10.1. The van der Waals surface area contributed by atoms with Crippen LogP contribution in [0.1, 0.15) is 19.5 Å². The minimum absolute atomic E-state index is 0.479. The molecule has 0 radical (unpaired) electrons. The van der Waals surface area contributed by atoms with E-state index >= 15 is 0 Å². The van der Waals surface area contributed by atoms with E-state index in [1.165, 1.54) is 17.1 Å². The fraction of sp³-hybridized carbons (Fsp3) is 0.235. The number of ether oxygens (including phenoxy) is 1. The van der Waals surface area contributed by atoms with Crippen molar-refractivity contribution in [2.75, 3.05) is 0 Å². The molecule has 0 saturated carbocycles. The van der Waals surface area contributed by atoms with Crippen LogP contribution in [0.3, 0.4) is 0 Å². The molecule has 6 nitrogen and oxygen atoms in total. The van der Waals surface area contributed by atoms with Crippen molar-refractivity contribution in [1.29, 1.82) is 0 Å². The molecular weight excluding hydrogens is 294 g/mol. The summed E-state index contributed by atoms with van der Waals surface area (Å²) in [5.41, 5.74) is 1.55. The van der Waals surface area contributed by atoms with Crippen LogP contribution in [0.25, 0.3) is 10.9 Å². The highest BCUT2D eigenvalue weighted by Crippen LogP contribution is 2.25. The number of hydrogen-bond acceptors (Lipinski definition) is 4. The summed E-state index contributed by atoms with van der Waals surface area (Å²) in [5.74, 6) is 1.59. The van der Waals surface area contributed by atoms with E-state index in [9.17, 15) is 4.79 Å². The average molecular weight is 311 g/mol. The first kappa shape index (κ1) is 15.0. The van der Waals surface area contributed by atoms with Crippen molar-refractivity contribution in [2.24, 2.45) is 5.92 Å². The summed E-state index contributed by atoms with van der Waals surface area (Å²) in [5, 5.41) is 9.89. The fourth-order valence-electron chi connectivity index (χ4n) is 2.43. The molecule has 0 atom stereocenters. The summed E-state index contributed by atoms with van der Waals surface area (Å²) < 4.78 is 6.94. The Morgan fingerprint density at radius 3 is 2.83 bits per heavy atom. The lowest BCUT2D eigenvalue weighted by Crippen LogP contribution is -2.05. The molecule has 0 fully saturated rings. The van der Waals surface area contributed by atoms with E-state index in [1.54, 1.807) is 24.3 Å². The standard InChI is InChI=1S/C17H17N3O3/c1-11(2)7-13-9-16(19-10-18-13)23-14-3-4-15-12(8-14)5-6-20(15)17(21)22/h3-6,8-11H,7H2,1-2H3,(H,21,22). The number of carbonyl (C=O) groups is 1. The number of aromatic nitrogens is 3. The van der Waals surface area contributed by atoms with E-state index in [1.807, 2.05) is 6.07 Å². The largest absolute Gasteiger partial charge is 0.464 e. The molecule has 2 aromatic heterocycles. The van der Waals surface area contributed by atoms with Crippen LogP contribution < -0.4 is 4.74 Å². The molecule has 3 rings (SSSR count). The molecule has 23 heavy (non-hydrogen) atoms. The first-order valence-electron chi connectivity index (χ1n) is 7.36. The second-order valence-corrected chi connectivity index (χ2v) is 5.74. The third-order valence-electron chi connectivity index (χ3n) is 3.41. The van der Waals surface area contributed by atoms with Crippen LogP contribution in [0, 0.1) is 5.92 Å². The van der Waals surface area contributed by atoms with Crippen molar-refractivity contribution in [3.05, 3.63) is 48.5 Å². The molecule has 3 aromatic rings. The summed E-state index contributed by atoms with van der Waals surface area (Å²) in [4.78, 5) is 19.4. The maximum Gasteiger partial charge on any atom is 0.415 e. The van der Waals surface area contributed by atoms with Gasteiger partial charge in [0.1, 0.15) is 12.1 Å². The Labute approximate surface area is 133 Å². The van der Waals surface area contributed by atoms with Gasteiger partial charge in [0.15, 0.2) is 0 Å². The summed E-state index contributed by atoms with van der Waals surface area (Å²) in [6.07, 6.45) is 2.86. The van der Waals surface area contributed by atoms with Crippen molar-refractivity contribution in [1.82, 2.24) is 14.5 Å². The Balaban J connectivity index is 1.85. The SMILES string of the molecule is CC(C)Cc1cc(Oc2ccc3c(ccn3C(=O)O)c2)ncn1. The molecule has 1 N–H and O–H groups in total. The summed E-state index contributed by atoms with van der Waals surface area (Å²) in [7, 11) is 0. The van der Waals surface area contributed by atoms with E-state index in [0.717, 1.165) is 17.5 Å². The molecule has 6 heteroatoms. The minimum atomic E-state index is -1.01. The summed E-state index contributed by atoms with van der Waals surface area (Å²) in [6.45, 7) is 4.26. The second-order valence-electron chi connectivity index (χ2n) is 5.74. The third-order valence-corrected chi connectivity index (χ3v) is 3.41. The predicted octanol–water partition coefficient (Wildman–Crippen LogP) is 3.95. The van der Waals surface area contributed by atoms with Crippen molar-refractivity contribution in [3.63, 3.8) is 0 Å². The highest BCUT2D eigenvalue weighted by atomic mass is 16.5. The predicted molar refractivity (Wildman–Crippen MR) is 86.0 cm³/mol. The van der Waals surface area contributed by atoms with Crippen LogP contribution in [0.15, 0.2) is 42.9 Å². The van der Waals surface area contributed by atoms with Crippen molar-refractivity contribution < 1.29 is 14.6 Å². The first-order valence-corrected chi connectivity index (χ1v) is 7.36. The molecule has 0 saturated heterocycles. The van der Waals surface area contributed by atoms with Crippen LogP contribution in [0.4, 0.5) is 4.79 Å². The lowest BCUT2D eigenvalue weighted by molar-refractivity contribution is 0.197. The van der Waals surface area contributed by atoms with Gasteiger partial charge < -0.3 is 9.84 Å². The molecular formula is C17H17N3O3. The zero-order valence-corrected chi connectivity index (χ0v) is 12.9. The highest BCUT2D eigenvalue weighted by Gasteiger charge is 2.09. The smallest absolute Gasteiger partial charge is 0.415 e. The van der Waals surface area contributed by atoms with Crippen LogP contribution >= 0.6 is 0 Å². The molecule has 118 valence electrons. The molecule has 0 unspecified atom stereocenters. The van der Waals surface area contributed by atoms with Gasteiger partial charge in [-0.3, -0.25) is 4.57 Å². The Hall–Kier alpha value is -2.89. The lowest BCUT2D eigenvalue weighted by Gasteiger charge is -2.08. The molecule has 0 aliphatic heterocycles. The molecule has 0 spiro atoms. The number of nitrogens with zero attached hydrogens (tertiary/aromatic N) is 3. The Morgan fingerprint density at radius 1 is 1.26 bits per heavy atom. The maximum atomic E-state index is 11.1. The number of fused-ring (bicyclic) bond motifs is 1. The third kappa shape index (κ3) is 3.31. The number of carboxylic acid groups (broad SMARTS) is 1. The van der Waals surface area contributed by atoms with Crippen LogP contribution in [-0.4, -0.2) is 25.7 Å². The maximum absolute atomic E-state index is 11.1. The summed E-state index contributed by atoms with van der Waals surface area (Å²) >= 11 is 0. The quantitative estimate of drug-likeness (QED) is 0.789. The van der Waals surface area contributed by atoms with Gasteiger partial charge in [0, 0.05) is 23.3 Å². The van der Waals surface area contributed by atoms with Crippen molar-refractivity contribution >= 4 is 17.0 Å². The molecule has 0 amide bonds. The number of hydrogen-bond donors (Lipinski definition) is 1. The monoisotopic (exact) mass is 311 g/mol. The van der Waals surface area contributed by atoms with E-state index in [4.69, 9.17) is 9.84 Å². The van der Waals surface area contributed by atoms with E-state index in [-0.39, 0.29) is 0 Å². The average Bonchev–Trinajstić information content (AvgIpc) is 2.90. The number of rotatable bonds is 4. The van der Waals surface area contributed by atoms with Gasteiger partial charge in [0.2, 0.25) is 5.88 Å². The molecule has 0 aliphatic carbocycles. The zero-order valence-electron chi connectivity index (χ0n) is 12.9. The van der Waals surface area contributed by atoms with E-state index in [2.05, 4.69) is 23.8 Å². The summed E-state index contributed by atoms with van der Waals surface area (Å²) in [6, 6.07) is 8.80. The van der Waals surface area contributed by atoms with Gasteiger partial charge in [0.25, 0.3) is 0 Å². The highest BCUT2D eigenvalue weighted by molar-refractivity contribution is 5.89. The second kappa shape index (κ2) is 6.08. The Kier molecular flexibility index (Phi) is 3.97. The first-order chi connectivity index (χ1) is 11.0. The van der Waals surface area contributed by atoms with Crippen LogP contribution in [-0.2, 0) is 6.42 Å². The van der Waals surface area contributed by atoms with Gasteiger partial charge in [-0.15, -0.1) is 0 Å². The fourth-order valence-corrected chi connectivity index (χ4v) is 2.43. The molecule has 0 bridgehead atoms. The van der Waals surface area contributed by atoms with E-state index < -0.39 is 6.09 Å². The van der Waals surface area contributed by atoms with Crippen molar-refractivity contribution in [3.8, 4) is 11.6 Å². The molecule has 0 aliphatic rings.